The summed E-state index contributed by atoms with van der Waals surface area (Å²) < 4.78 is 2.49. The Morgan fingerprint density at radius 3 is 2.00 bits per heavy atom. The zero-order valence-electron chi connectivity index (χ0n) is 10.2. The first-order valence-electron chi connectivity index (χ1n) is 6.59. The summed E-state index contributed by atoms with van der Waals surface area (Å²) in [5, 5.41) is 2.74. The van der Waals surface area contributed by atoms with Crippen LogP contribution in [-0.2, 0) is 0 Å². The van der Waals surface area contributed by atoms with Crippen molar-refractivity contribution >= 4 is 21.8 Å². The molecule has 0 fully saturated rings. The van der Waals surface area contributed by atoms with Crippen LogP contribution >= 0.6 is 0 Å². The highest BCUT2D eigenvalue weighted by Gasteiger charge is 2.17. The number of allylic oxidation sites excluding steroid dienone is 2. The van der Waals surface area contributed by atoms with Crippen LogP contribution in [0.4, 0.5) is 0 Å². The van der Waals surface area contributed by atoms with Crippen LogP contribution in [0.25, 0.3) is 21.8 Å². The molecular weight excluding hydrogens is 218 g/mol. The van der Waals surface area contributed by atoms with Crippen LogP contribution < -0.4 is 0 Å². The van der Waals surface area contributed by atoms with Crippen LogP contribution in [0.2, 0.25) is 0 Å². The zero-order valence-corrected chi connectivity index (χ0v) is 10.2. The van der Waals surface area contributed by atoms with E-state index in [1.165, 1.54) is 34.6 Å². The van der Waals surface area contributed by atoms with Crippen molar-refractivity contribution < 1.29 is 0 Å². The summed E-state index contributed by atoms with van der Waals surface area (Å²) in [6, 6.07) is 18.0. The first-order valence-corrected chi connectivity index (χ1v) is 6.59. The van der Waals surface area contributed by atoms with Gasteiger partial charge in [0, 0.05) is 21.8 Å². The molecule has 0 aliphatic heterocycles. The monoisotopic (exact) mass is 233 g/mol. The smallest absolute Gasteiger partial charge is 0.0525 e. The minimum absolute atomic E-state index is 0.523. The van der Waals surface area contributed by atoms with E-state index in [0.29, 0.717) is 6.04 Å². The van der Waals surface area contributed by atoms with E-state index in [-0.39, 0.29) is 0 Å². The van der Waals surface area contributed by atoms with E-state index in [9.17, 15) is 0 Å². The Morgan fingerprint density at radius 2 is 1.44 bits per heavy atom. The molecule has 1 aromatic heterocycles. The normalized spacial score (nSPS) is 19.0. The molecule has 0 spiro atoms. The molecule has 0 unspecified atom stereocenters. The summed E-state index contributed by atoms with van der Waals surface area (Å²) >= 11 is 0. The molecule has 88 valence electrons. The van der Waals surface area contributed by atoms with Crippen molar-refractivity contribution in [2.45, 2.75) is 18.9 Å². The molecule has 3 aromatic rings. The highest BCUT2D eigenvalue weighted by Crippen LogP contribution is 2.35. The first-order chi connectivity index (χ1) is 8.95. The third-order valence-electron chi connectivity index (χ3n) is 3.94. The topological polar surface area (TPSA) is 4.93 Å². The molecule has 4 rings (SSSR count). The Bertz CT molecular complexity index is 695. The highest BCUT2D eigenvalue weighted by atomic mass is 15.0. The first kappa shape index (κ1) is 9.95. The quantitative estimate of drug-likeness (QED) is 0.537. The van der Waals surface area contributed by atoms with Gasteiger partial charge in [0.05, 0.1) is 6.04 Å². The molecule has 0 amide bonds. The maximum absolute atomic E-state index is 2.49. The maximum Gasteiger partial charge on any atom is 0.0525 e. The number of aromatic nitrogens is 1. The highest BCUT2D eigenvalue weighted by molar-refractivity contribution is 6.08. The molecule has 0 saturated carbocycles. The van der Waals surface area contributed by atoms with Crippen LogP contribution in [0.15, 0.2) is 60.7 Å². The fraction of sp³-hybridized carbons (Fsp3) is 0.176. The van der Waals surface area contributed by atoms with E-state index in [1.54, 1.807) is 0 Å². The number of rotatable bonds is 1. The molecule has 2 aromatic carbocycles. The fourth-order valence-electron chi connectivity index (χ4n) is 3.14. The molecule has 0 bridgehead atoms. The second-order valence-electron chi connectivity index (χ2n) is 4.98. The Balaban J connectivity index is 2.16. The van der Waals surface area contributed by atoms with Crippen LogP contribution in [-0.4, -0.2) is 4.57 Å². The number of hydrogen-bond acceptors (Lipinski definition) is 0. The molecular formula is C17H15N. The Morgan fingerprint density at radius 1 is 0.833 bits per heavy atom. The van der Waals surface area contributed by atoms with Gasteiger partial charge >= 0.3 is 0 Å². The van der Waals surface area contributed by atoms with E-state index >= 15 is 0 Å². The number of para-hydroxylation sites is 2. The van der Waals surface area contributed by atoms with Crippen LogP contribution in [0, 0.1) is 0 Å². The van der Waals surface area contributed by atoms with Crippen molar-refractivity contribution in [3.63, 3.8) is 0 Å². The van der Waals surface area contributed by atoms with Crippen molar-refractivity contribution in [2.24, 2.45) is 0 Å². The average molecular weight is 233 g/mol. The molecule has 1 heteroatoms. The predicted octanol–water partition coefficient (Wildman–Crippen LogP) is 4.69. The molecule has 1 heterocycles. The molecule has 0 N–H and O–H groups in total. The largest absolute Gasteiger partial charge is 0.333 e. The number of benzene rings is 2. The van der Waals surface area contributed by atoms with E-state index in [1.807, 2.05) is 0 Å². The molecule has 1 aliphatic rings. The molecule has 1 aliphatic carbocycles. The Labute approximate surface area is 106 Å². The summed E-state index contributed by atoms with van der Waals surface area (Å²) in [7, 11) is 0. The van der Waals surface area contributed by atoms with Gasteiger partial charge in [0.25, 0.3) is 0 Å². The van der Waals surface area contributed by atoms with Gasteiger partial charge in [-0.3, -0.25) is 0 Å². The van der Waals surface area contributed by atoms with Crippen molar-refractivity contribution in [1.82, 2.24) is 4.57 Å². The number of nitrogens with zero attached hydrogens (tertiary/aromatic N) is 1. The van der Waals surface area contributed by atoms with Crippen LogP contribution in [0.1, 0.15) is 18.9 Å². The minimum Gasteiger partial charge on any atom is -0.333 e. The molecule has 1 atom stereocenters. The Kier molecular flexibility index (Phi) is 2.07. The van der Waals surface area contributed by atoms with Gasteiger partial charge in [0.1, 0.15) is 0 Å². The maximum atomic E-state index is 2.49. The third kappa shape index (κ3) is 1.28. The second kappa shape index (κ2) is 3.74. The van der Waals surface area contributed by atoms with Gasteiger partial charge in [0.2, 0.25) is 0 Å². The molecule has 18 heavy (non-hydrogen) atoms. The van der Waals surface area contributed by atoms with Crippen LogP contribution in [0.5, 0.6) is 0 Å². The lowest BCUT2D eigenvalue weighted by molar-refractivity contribution is 0.627. The zero-order chi connectivity index (χ0) is 11.9. The standard InChI is InChI=1S/C17H15N/c1-2-8-13(7-1)18-16-11-5-3-9-14(16)15-10-4-6-12-17(15)18/h1,3-7,9-13H,2,8H2/t13-/m1/s1. The lowest BCUT2D eigenvalue weighted by Crippen LogP contribution is -2.02. The van der Waals surface area contributed by atoms with Gasteiger partial charge in [-0.1, -0.05) is 48.6 Å². The lowest BCUT2D eigenvalue weighted by atomic mass is 10.2. The minimum atomic E-state index is 0.523. The van der Waals surface area contributed by atoms with Crippen molar-refractivity contribution in [1.29, 1.82) is 0 Å². The van der Waals surface area contributed by atoms with Gasteiger partial charge in [-0.15, -0.1) is 0 Å². The number of hydrogen-bond donors (Lipinski definition) is 0. The number of fused-ring (bicyclic) bond motifs is 3. The lowest BCUT2D eigenvalue weighted by Gasteiger charge is -2.13. The summed E-state index contributed by atoms with van der Waals surface area (Å²) in [5.41, 5.74) is 2.71. The van der Waals surface area contributed by atoms with Crippen molar-refractivity contribution in [3.05, 3.63) is 60.7 Å². The average Bonchev–Trinajstić information content (AvgIpc) is 3.03. The summed E-state index contributed by atoms with van der Waals surface area (Å²) in [4.78, 5) is 0. The third-order valence-corrected chi connectivity index (χ3v) is 3.94. The van der Waals surface area contributed by atoms with Crippen LogP contribution in [0.3, 0.4) is 0 Å². The fourth-order valence-corrected chi connectivity index (χ4v) is 3.14. The van der Waals surface area contributed by atoms with Gasteiger partial charge in [-0.05, 0) is 25.0 Å². The van der Waals surface area contributed by atoms with E-state index in [2.05, 4.69) is 65.3 Å². The summed E-state index contributed by atoms with van der Waals surface area (Å²) in [5.74, 6) is 0. The molecule has 1 nitrogen and oxygen atoms in total. The van der Waals surface area contributed by atoms with Gasteiger partial charge < -0.3 is 4.57 Å². The van der Waals surface area contributed by atoms with E-state index in [4.69, 9.17) is 0 Å². The van der Waals surface area contributed by atoms with Crippen molar-refractivity contribution in [3.8, 4) is 0 Å². The van der Waals surface area contributed by atoms with Gasteiger partial charge in [-0.2, -0.15) is 0 Å². The molecule has 0 saturated heterocycles. The summed E-state index contributed by atoms with van der Waals surface area (Å²) in [6.07, 6.45) is 7.07. The second-order valence-corrected chi connectivity index (χ2v) is 4.98. The van der Waals surface area contributed by atoms with E-state index in [0.717, 1.165) is 0 Å². The van der Waals surface area contributed by atoms with Gasteiger partial charge in [-0.25, -0.2) is 0 Å². The predicted molar refractivity (Wildman–Crippen MR) is 76.9 cm³/mol. The SMILES string of the molecule is C1=C[C@@H](n2c3ccccc3c3ccccc32)CC1. The van der Waals surface area contributed by atoms with E-state index < -0.39 is 0 Å². The van der Waals surface area contributed by atoms with Gasteiger partial charge in [0.15, 0.2) is 0 Å². The molecule has 0 radical (unpaired) electrons. The Hall–Kier alpha value is -2.02. The van der Waals surface area contributed by atoms with Crippen molar-refractivity contribution in [2.75, 3.05) is 0 Å². The summed E-state index contributed by atoms with van der Waals surface area (Å²) in [6.45, 7) is 0.